The number of thiol groups is 1. The summed E-state index contributed by atoms with van der Waals surface area (Å²) in [5, 5.41) is 17.7. The minimum absolute atomic E-state index is 0.138. The fourth-order valence-corrected chi connectivity index (χ4v) is 2.23. The Morgan fingerprint density at radius 2 is 1.92 bits per heavy atom. The summed E-state index contributed by atoms with van der Waals surface area (Å²) < 4.78 is 2.46. The molecule has 0 aromatic carbocycles. The van der Waals surface area contributed by atoms with Gasteiger partial charge in [0.25, 0.3) is 0 Å². The first-order valence-corrected chi connectivity index (χ1v) is 8.43. The van der Waals surface area contributed by atoms with Crippen LogP contribution in [0.1, 0.15) is 33.1 Å². The predicted octanol–water partition coefficient (Wildman–Crippen LogP) is -1.96. The highest BCUT2D eigenvalue weighted by molar-refractivity contribution is 7.78. The second kappa shape index (κ2) is 13.0. The standard InChI is InChI=1S/C14H29N5O4S/c1-3-16-10(6-4-5-7-17-11(21)8-18-24)14(23)19-12(9(2)20)13(15)22/h9-10,12,16,18,20,24H,3-8H2,1-2H3,(H2,15,22)(H,17,21)(H,19,23). The Bertz CT molecular complexity index is 409. The average Bonchev–Trinajstić information content (AvgIpc) is 2.50. The van der Waals surface area contributed by atoms with E-state index in [1.807, 2.05) is 6.92 Å². The lowest BCUT2D eigenvalue weighted by atomic mass is 10.1. The van der Waals surface area contributed by atoms with Gasteiger partial charge in [0, 0.05) is 6.54 Å². The highest BCUT2D eigenvalue weighted by Gasteiger charge is 2.26. The van der Waals surface area contributed by atoms with Gasteiger partial charge in [0.15, 0.2) is 0 Å². The van der Waals surface area contributed by atoms with Crippen molar-refractivity contribution in [3.05, 3.63) is 0 Å². The van der Waals surface area contributed by atoms with Crippen LogP contribution in [-0.4, -0.2) is 60.6 Å². The molecule has 3 atom stereocenters. The van der Waals surface area contributed by atoms with E-state index in [9.17, 15) is 19.5 Å². The van der Waals surface area contributed by atoms with E-state index < -0.39 is 24.1 Å². The average molecular weight is 363 g/mol. The van der Waals surface area contributed by atoms with Gasteiger partial charge in [0.1, 0.15) is 6.04 Å². The summed E-state index contributed by atoms with van der Waals surface area (Å²) in [6.45, 7) is 4.48. The van der Waals surface area contributed by atoms with Crippen LogP contribution in [0.15, 0.2) is 0 Å². The number of rotatable bonds is 13. The normalized spacial score (nSPS) is 14.5. The van der Waals surface area contributed by atoms with Crippen molar-refractivity contribution in [1.29, 1.82) is 0 Å². The summed E-state index contributed by atoms with van der Waals surface area (Å²) in [6, 6.07) is -1.61. The van der Waals surface area contributed by atoms with Crippen LogP contribution in [0.2, 0.25) is 0 Å². The fourth-order valence-electron chi connectivity index (χ4n) is 2.09. The smallest absolute Gasteiger partial charge is 0.242 e. The van der Waals surface area contributed by atoms with Crippen molar-refractivity contribution >= 4 is 30.5 Å². The molecule has 7 N–H and O–H groups in total. The maximum absolute atomic E-state index is 12.2. The number of aliphatic hydroxyl groups is 1. The van der Waals surface area contributed by atoms with Gasteiger partial charge >= 0.3 is 0 Å². The largest absolute Gasteiger partial charge is 0.391 e. The van der Waals surface area contributed by atoms with E-state index >= 15 is 0 Å². The van der Waals surface area contributed by atoms with Crippen molar-refractivity contribution in [2.75, 3.05) is 19.6 Å². The molecule has 0 aromatic heterocycles. The second-order valence-electron chi connectivity index (χ2n) is 5.42. The quantitative estimate of drug-likeness (QED) is 0.149. The monoisotopic (exact) mass is 363 g/mol. The number of unbranched alkanes of at least 4 members (excludes halogenated alkanes) is 1. The fraction of sp³-hybridized carbons (Fsp3) is 0.786. The first-order valence-electron chi connectivity index (χ1n) is 7.98. The zero-order valence-corrected chi connectivity index (χ0v) is 15.1. The molecule has 0 saturated carbocycles. The molecule has 0 fully saturated rings. The molecule has 10 heteroatoms. The lowest BCUT2D eigenvalue weighted by Crippen LogP contribution is -2.55. The number of carbonyl (C=O) groups is 3. The number of primary amides is 1. The molecular weight excluding hydrogens is 334 g/mol. The van der Waals surface area contributed by atoms with Crippen molar-refractivity contribution in [3.8, 4) is 0 Å². The van der Waals surface area contributed by atoms with Crippen molar-refractivity contribution in [3.63, 3.8) is 0 Å². The van der Waals surface area contributed by atoms with Gasteiger partial charge in [-0.3, -0.25) is 19.1 Å². The Kier molecular flexibility index (Phi) is 12.3. The number of aliphatic hydroxyl groups excluding tert-OH is 1. The SMILES string of the molecule is CCNC(CCCCNC(=O)CNS)C(=O)NC(C(N)=O)C(C)O. The maximum Gasteiger partial charge on any atom is 0.242 e. The number of likely N-dealkylation sites (N-methyl/N-ethyl adjacent to an activating group) is 1. The molecule has 0 aromatic rings. The summed E-state index contributed by atoms with van der Waals surface area (Å²) in [5.74, 6) is -1.31. The van der Waals surface area contributed by atoms with Crippen LogP contribution in [0.25, 0.3) is 0 Å². The summed E-state index contributed by atoms with van der Waals surface area (Å²) in [6.07, 6.45) is 0.883. The third kappa shape index (κ3) is 9.71. The molecule has 0 aliphatic carbocycles. The van der Waals surface area contributed by atoms with Gasteiger partial charge in [-0.25, -0.2) is 0 Å². The number of hydrogen-bond acceptors (Lipinski definition) is 7. The molecule has 0 bridgehead atoms. The van der Waals surface area contributed by atoms with E-state index in [-0.39, 0.29) is 18.4 Å². The molecule has 0 rings (SSSR count). The molecule has 0 heterocycles. The van der Waals surface area contributed by atoms with Crippen LogP contribution in [0.5, 0.6) is 0 Å². The summed E-state index contributed by atoms with van der Waals surface area (Å²) in [5.41, 5.74) is 5.17. The predicted molar refractivity (Wildman–Crippen MR) is 94.1 cm³/mol. The van der Waals surface area contributed by atoms with E-state index in [1.54, 1.807) is 0 Å². The summed E-state index contributed by atoms with van der Waals surface area (Å²) in [7, 11) is 0. The van der Waals surface area contributed by atoms with E-state index in [4.69, 9.17) is 5.73 Å². The Morgan fingerprint density at radius 3 is 2.42 bits per heavy atom. The van der Waals surface area contributed by atoms with E-state index in [1.165, 1.54) is 6.92 Å². The highest BCUT2D eigenvalue weighted by atomic mass is 32.1. The van der Waals surface area contributed by atoms with Gasteiger partial charge < -0.3 is 26.8 Å². The van der Waals surface area contributed by atoms with Gasteiger partial charge in [-0.1, -0.05) is 19.7 Å². The van der Waals surface area contributed by atoms with Gasteiger partial charge in [-0.2, -0.15) is 0 Å². The third-order valence-electron chi connectivity index (χ3n) is 3.34. The summed E-state index contributed by atoms with van der Waals surface area (Å²) in [4.78, 5) is 34.7. The second-order valence-corrected chi connectivity index (χ2v) is 5.74. The topological polar surface area (TPSA) is 146 Å². The highest BCUT2D eigenvalue weighted by Crippen LogP contribution is 2.03. The number of hydrogen-bond donors (Lipinski definition) is 7. The van der Waals surface area contributed by atoms with Gasteiger partial charge in [-0.15, -0.1) is 0 Å². The zero-order valence-electron chi connectivity index (χ0n) is 14.2. The molecule has 0 saturated heterocycles. The lowest BCUT2D eigenvalue weighted by Gasteiger charge is -2.23. The van der Waals surface area contributed by atoms with Crippen LogP contribution in [0, 0.1) is 0 Å². The van der Waals surface area contributed by atoms with Gasteiger partial charge in [0.05, 0.1) is 18.7 Å². The lowest BCUT2D eigenvalue weighted by molar-refractivity contribution is -0.131. The maximum atomic E-state index is 12.2. The van der Waals surface area contributed by atoms with Crippen LogP contribution in [0.4, 0.5) is 0 Å². The van der Waals surface area contributed by atoms with Crippen LogP contribution in [0.3, 0.4) is 0 Å². The number of nitrogens with two attached hydrogens (primary N) is 1. The van der Waals surface area contributed by atoms with Crippen LogP contribution < -0.4 is 26.4 Å². The van der Waals surface area contributed by atoms with Crippen LogP contribution in [-0.2, 0) is 14.4 Å². The van der Waals surface area contributed by atoms with E-state index in [2.05, 4.69) is 33.5 Å². The Balaban J connectivity index is 4.30. The van der Waals surface area contributed by atoms with Crippen LogP contribution >= 0.6 is 12.8 Å². The first kappa shape index (κ1) is 22.6. The van der Waals surface area contributed by atoms with Crippen molar-refractivity contribution < 1.29 is 19.5 Å². The molecule has 140 valence electrons. The van der Waals surface area contributed by atoms with Crippen molar-refractivity contribution in [1.82, 2.24) is 20.7 Å². The molecule has 0 aliphatic rings. The Hall–Kier alpha value is -1.36. The first-order chi connectivity index (χ1) is 11.3. The minimum Gasteiger partial charge on any atom is -0.391 e. The van der Waals surface area contributed by atoms with E-state index in [0.717, 1.165) is 0 Å². The Morgan fingerprint density at radius 1 is 1.25 bits per heavy atom. The molecule has 3 unspecified atom stereocenters. The molecule has 3 amide bonds. The van der Waals surface area contributed by atoms with Crippen molar-refractivity contribution in [2.24, 2.45) is 5.73 Å². The van der Waals surface area contributed by atoms with Gasteiger partial charge in [0.2, 0.25) is 17.7 Å². The zero-order chi connectivity index (χ0) is 18.5. The van der Waals surface area contributed by atoms with Crippen molar-refractivity contribution in [2.45, 2.75) is 51.3 Å². The van der Waals surface area contributed by atoms with Gasteiger partial charge in [-0.05, 0) is 32.7 Å². The third-order valence-corrected chi connectivity index (χ3v) is 3.49. The molecule has 9 nitrogen and oxygen atoms in total. The number of nitrogens with one attached hydrogen (secondary N) is 4. The molecule has 0 radical (unpaired) electrons. The molecule has 0 aliphatic heterocycles. The number of amides is 3. The molecule has 0 spiro atoms. The minimum atomic E-state index is -1.12. The molecular formula is C14H29N5O4S. The van der Waals surface area contributed by atoms with E-state index in [0.29, 0.717) is 32.4 Å². The molecule has 24 heavy (non-hydrogen) atoms. The Labute approximate surface area is 148 Å². The summed E-state index contributed by atoms with van der Waals surface area (Å²) >= 11 is 3.74. The number of carbonyl (C=O) groups excluding carboxylic acids is 3.